The zero-order valence-corrected chi connectivity index (χ0v) is 11.7. The summed E-state index contributed by atoms with van der Waals surface area (Å²) < 4.78 is 1.63. The quantitative estimate of drug-likeness (QED) is 0.684. The van der Waals surface area contributed by atoms with Crippen LogP contribution in [0.4, 0.5) is 4.79 Å². The number of nitrogens with zero attached hydrogens (tertiary/aromatic N) is 3. The predicted octanol–water partition coefficient (Wildman–Crippen LogP) is -0.00480. The van der Waals surface area contributed by atoms with Gasteiger partial charge in [0, 0.05) is 39.0 Å². The van der Waals surface area contributed by atoms with Crippen molar-refractivity contribution in [1.82, 2.24) is 19.8 Å². The Kier molecular flexibility index (Phi) is 5.15. The molecule has 2 heterocycles. The van der Waals surface area contributed by atoms with E-state index in [9.17, 15) is 9.59 Å². The Bertz CT molecular complexity index is 502. The summed E-state index contributed by atoms with van der Waals surface area (Å²) in [6, 6.07) is -0.117. The number of carboxylic acids is 1. The third-order valence-electron chi connectivity index (χ3n) is 3.61. The van der Waals surface area contributed by atoms with Crippen LogP contribution in [-0.4, -0.2) is 62.9 Å². The van der Waals surface area contributed by atoms with Crippen molar-refractivity contribution in [3.63, 3.8) is 0 Å². The lowest BCUT2D eigenvalue weighted by molar-refractivity contribution is 0.0691. The minimum absolute atomic E-state index is 0.00675. The summed E-state index contributed by atoms with van der Waals surface area (Å²) in [6.45, 7) is 2.44. The van der Waals surface area contributed by atoms with Gasteiger partial charge in [-0.15, -0.1) is 0 Å². The number of aliphatic hydroxyl groups excluding tert-OH is 1. The predicted molar refractivity (Wildman–Crippen MR) is 74.0 cm³/mol. The molecule has 21 heavy (non-hydrogen) atoms. The number of carbonyl (C=O) groups excluding carboxylic acids is 1. The Hall–Kier alpha value is -2.09. The van der Waals surface area contributed by atoms with Gasteiger partial charge < -0.3 is 25.0 Å². The van der Waals surface area contributed by atoms with E-state index in [4.69, 9.17) is 10.2 Å². The van der Waals surface area contributed by atoms with E-state index in [0.717, 1.165) is 12.8 Å². The number of aromatic carboxylic acids is 1. The summed E-state index contributed by atoms with van der Waals surface area (Å²) in [5, 5.41) is 20.4. The number of nitrogens with one attached hydrogen (secondary N) is 1. The van der Waals surface area contributed by atoms with Gasteiger partial charge in [0.1, 0.15) is 0 Å². The minimum Gasteiger partial charge on any atom is -0.476 e. The first-order chi connectivity index (χ1) is 10.1. The maximum atomic E-state index is 11.9. The van der Waals surface area contributed by atoms with Crippen LogP contribution in [0.25, 0.3) is 0 Å². The van der Waals surface area contributed by atoms with Crippen molar-refractivity contribution in [2.24, 2.45) is 5.92 Å². The molecule has 0 bridgehead atoms. The number of hydrogen-bond donors (Lipinski definition) is 3. The minimum atomic E-state index is -1.07. The van der Waals surface area contributed by atoms with Crippen LogP contribution >= 0.6 is 0 Å². The zero-order chi connectivity index (χ0) is 15.2. The van der Waals surface area contributed by atoms with Gasteiger partial charge in [-0.25, -0.2) is 14.6 Å². The number of likely N-dealkylation sites (tertiary alicyclic amines) is 1. The van der Waals surface area contributed by atoms with E-state index < -0.39 is 5.97 Å². The maximum Gasteiger partial charge on any atom is 0.356 e. The summed E-state index contributed by atoms with van der Waals surface area (Å²) in [4.78, 5) is 28.1. The van der Waals surface area contributed by atoms with E-state index in [2.05, 4.69) is 10.3 Å². The molecule has 116 valence electrons. The van der Waals surface area contributed by atoms with Gasteiger partial charge in [-0.05, 0) is 18.8 Å². The molecule has 1 aliphatic rings. The number of urea groups is 1. The fourth-order valence-electron chi connectivity index (χ4n) is 2.43. The smallest absolute Gasteiger partial charge is 0.356 e. The SMILES string of the molecule is O=C(O)c1cn(CCNC(=O)N2CCC(CCO)C2)cn1. The molecule has 1 saturated heterocycles. The van der Waals surface area contributed by atoms with E-state index in [1.165, 1.54) is 12.5 Å². The molecule has 0 saturated carbocycles. The van der Waals surface area contributed by atoms with Gasteiger partial charge in [0.15, 0.2) is 5.69 Å². The van der Waals surface area contributed by atoms with Gasteiger partial charge in [-0.2, -0.15) is 0 Å². The number of carboxylic acid groups (broad SMARTS) is 1. The van der Waals surface area contributed by atoms with Gasteiger partial charge in [0.2, 0.25) is 0 Å². The lowest BCUT2D eigenvalue weighted by Crippen LogP contribution is -2.39. The summed E-state index contributed by atoms with van der Waals surface area (Å²) in [6.07, 6.45) is 4.53. The average Bonchev–Trinajstić information content (AvgIpc) is 3.08. The molecule has 1 aliphatic heterocycles. The number of aliphatic hydroxyl groups is 1. The summed E-state index contributed by atoms with van der Waals surface area (Å²) in [5.41, 5.74) is -0.00675. The van der Waals surface area contributed by atoms with Gasteiger partial charge >= 0.3 is 12.0 Å². The number of amides is 2. The first-order valence-electron chi connectivity index (χ1n) is 6.99. The molecule has 8 heteroatoms. The monoisotopic (exact) mass is 296 g/mol. The molecule has 0 spiro atoms. The van der Waals surface area contributed by atoms with E-state index in [1.807, 2.05) is 0 Å². The van der Waals surface area contributed by atoms with Crippen molar-refractivity contribution in [3.05, 3.63) is 18.2 Å². The van der Waals surface area contributed by atoms with Crippen LogP contribution in [-0.2, 0) is 6.54 Å². The molecule has 1 atom stereocenters. The van der Waals surface area contributed by atoms with E-state index in [1.54, 1.807) is 9.47 Å². The molecule has 1 aromatic heterocycles. The molecule has 2 amide bonds. The second-order valence-electron chi connectivity index (χ2n) is 5.15. The van der Waals surface area contributed by atoms with Crippen molar-refractivity contribution in [1.29, 1.82) is 0 Å². The molecule has 1 fully saturated rings. The summed E-state index contributed by atoms with van der Waals surface area (Å²) >= 11 is 0. The highest BCUT2D eigenvalue weighted by Gasteiger charge is 2.25. The Labute approximate surface area is 122 Å². The van der Waals surface area contributed by atoms with E-state index in [-0.39, 0.29) is 18.3 Å². The number of rotatable bonds is 6. The topological polar surface area (TPSA) is 108 Å². The fourth-order valence-corrected chi connectivity index (χ4v) is 2.43. The third-order valence-corrected chi connectivity index (χ3v) is 3.61. The maximum absolute atomic E-state index is 11.9. The Balaban J connectivity index is 1.70. The van der Waals surface area contributed by atoms with Crippen LogP contribution in [0.15, 0.2) is 12.5 Å². The van der Waals surface area contributed by atoms with Gasteiger partial charge in [0.05, 0.1) is 6.33 Å². The largest absolute Gasteiger partial charge is 0.476 e. The molecule has 0 radical (unpaired) electrons. The van der Waals surface area contributed by atoms with Crippen LogP contribution in [0.5, 0.6) is 0 Å². The second-order valence-corrected chi connectivity index (χ2v) is 5.15. The standard InChI is InChI=1S/C13H20N4O4/c18-6-2-10-1-4-17(7-10)13(21)14-3-5-16-8-11(12(19)20)15-9-16/h8-10,18H,1-7H2,(H,14,21)(H,19,20). The highest BCUT2D eigenvalue weighted by atomic mass is 16.4. The first kappa shape index (κ1) is 15.3. The molecule has 0 aliphatic carbocycles. The van der Waals surface area contributed by atoms with Gasteiger partial charge in [0.25, 0.3) is 0 Å². The zero-order valence-electron chi connectivity index (χ0n) is 11.7. The van der Waals surface area contributed by atoms with Crippen LogP contribution in [0.1, 0.15) is 23.3 Å². The second kappa shape index (κ2) is 7.07. The van der Waals surface area contributed by atoms with Gasteiger partial charge in [-0.1, -0.05) is 0 Å². The summed E-state index contributed by atoms with van der Waals surface area (Å²) in [7, 11) is 0. The average molecular weight is 296 g/mol. The fraction of sp³-hybridized carbons (Fsp3) is 0.615. The van der Waals surface area contributed by atoms with Crippen molar-refractivity contribution < 1.29 is 19.8 Å². The Morgan fingerprint density at radius 3 is 2.95 bits per heavy atom. The highest BCUT2D eigenvalue weighted by molar-refractivity contribution is 5.84. The molecule has 8 nitrogen and oxygen atoms in total. The number of hydrogen-bond acceptors (Lipinski definition) is 4. The first-order valence-corrected chi connectivity index (χ1v) is 6.99. The van der Waals surface area contributed by atoms with Crippen molar-refractivity contribution >= 4 is 12.0 Å². The normalized spacial score (nSPS) is 18.0. The number of aromatic nitrogens is 2. The van der Waals surface area contributed by atoms with Gasteiger partial charge in [-0.3, -0.25) is 0 Å². The molecule has 2 rings (SSSR count). The Morgan fingerprint density at radius 2 is 2.29 bits per heavy atom. The molecular formula is C13H20N4O4. The third kappa shape index (κ3) is 4.19. The van der Waals surface area contributed by atoms with E-state index in [0.29, 0.717) is 32.1 Å². The lowest BCUT2D eigenvalue weighted by atomic mass is 10.1. The summed E-state index contributed by atoms with van der Waals surface area (Å²) in [5.74, 6) is -0.683. The van der Waals surface area contributed by atoms with Crippen LogP contribution in [0.3, 0.4) is 0 Å². The van der Waals surface area contributed by atoms with Crippen LogP contribution in [0, 0.1) is 5.92 Å². The van der Waals surface area contributed by atoms with Crippen molar-refractivity contribution in [2.75, 3.05) is 26.2 Å². The van der Waals surface area contributed by atoms with Crippen LogP contribution < -0.4 is 5.32 Å². The molecule has 1 unspecified atom stereocenters. The van der Waals surface area contributed by atoms with Crippen molar-refractivity contribution in [2.45, 2.75) is 19.4 Å². The van der Waals surface area contributed by atoms with E-state index >= 15 is 0 Å². The Morgan fingerprint density at radius 1 is 1.48 bits per heavy atom. The lowest BCUT2D eigenvalue weighted by Gasteiger charge is -2.17. The van der Waals surface area contributed by atoms with Crippen LogP contribution in [0.2, 0.25) is 0 Å². The number of imidazole rings is 1. The molecule has 1 aromatic rings. The molecule has 3 N–H and O–H groups in total. The number of carbonyl (C=O) groups is 2. The molecular weight excluding hydrogens is 276 g/mol. The van der Waals surface area contributed by atoms with Crippen molar-refractivity contribution in [3.8, 4) is 0 Å². The molecule has 0 aromatic carbocycles. The highest BCUT2D eigenvalue weighted by Crippen LogP contribution is 2.18.